The molecule has 0 fully saturated rings. The van der Waals surface area contributed by atoms with Crippen LogP contribution in [0, 0.1) is 11.3 Å². The summed E-state index contributed by atoms with van der Waals surface area (Å²) >= 11 is 0. The fourth-order valence-corrected chi connectivity index (χ4v) is 1.90. The predicted molar refractivity (Wildman–Crippen MR) is 54.0 cm³/mol. The van der Waals surface area contributed by atoms with Gasteiger partial charge in [-0.1, -0.05) is 18.2 Å². The summed E-state index contributed by atoms with van der Waals surface area (Å²) in [6.45, 7) is 0. The second kappa shape index (κ2) is 3.07. The molecule has 2 rings (SSSR count). The highest BCUT2D eigenvalue weighted by Crippen LogP contribution is 2.40. The van der Waals surface area contributed by atoms with E-state index in [2.05, 4.69) is 0 Å². The number of anilines is 1. The quantitative estimate of drug-likeness (QED) is 0.731. The predicted octanol–water partition coefficient (Wildman–Crippen LogP) is 0.764. The van der Waals surface area contributed by atoms with Gasteiger partial charge in [0.05, 0.1) is 18.2 Å². The minimum Gasteiger partial charge on any atom is -0.374 e. The molecule has 1 aliphatic heterocycles. The lowest BCUT2D eigenvalue weighted by molar-refractivity contribution is -0.135. The number of carbonyl (C=O) groups excluding carboxylic acids is 1. The second-order valence-corrected chi connectivity index (χ2v) is 3.58. The number of aliphatic hydroxyl groups is 1. The van der Waals surface area contributed by atoms with Gasteiger partial charge in [0.2, 0.25) is 0 Å². The van der Waals surface area contributed by atoms with Crippen LogP contribution in [0.25, 0.3) is 0 Å². The second-order valence-electron chi connectivity index (χ2n) is 3.58. The maximum Gasteiger partial charge on any atom is 0.264 e. The summed E-state index contributed by atoms with van der Waals surface area (Å²) in [6, 6.07) is 8.81. The van der Waals surface area contributed by atoms with E-state index in [0.717, 1.165) is 0 Å². The van der Waals surface area contributed by atoms with Gasteiger partial charge in [0, 0.05) is 12.6 Å². The van der Waals surface area contributed by atoms with Crippen molar-refractivity contribution in [1.82, 2.24) is 0 Å². The topological polar surface area (TPSA) is 64.3 Å². The van der Waals surface area contributed by atoms with Crippen LogP contribution in [0.1, 0.15) is 12.0 Å². The third-order valence-electron chi connectivity index (χ3n) is 2.70. The van der Waals surface area contributed by atoms with Crippen LogP contribution in [-0.2, 0) is 10.4 Å². The zero-order valence-corrected chi connectivity index (χ0v) is 8.27. The average molecular weight is 202 g/mol. The van der Waals surface area contributed by atoms with E-state index in [1.54, 1.807) is 31.3 Å². The number of hydrogen-bond acceptors (Lipinski definition) is 3. The summed E-state index contributed by atoms with van der Waals surface area (Å²) in [7, 11) is 1.59. The first-order chi connectivity index (χ1) is 7.11. The van der Waals surface area contributed by atoms with Gasteiger partial charge in [0.25, 0.3) is 5.91 Å². The molecule has 1 aromatic carbocycles. The number of nitriles is 1. The van der Waals surface area contributed by atoms with Crippen LogP contribution < -0.4 is 4.90 Å². The van der Waals surface area contributed by atoms with Crippen molar-refractivity contribution in [1.29, 1.82) is 5.26 Å². The van der Waals surface area contributed by atoms with E-state index in [1.807, 2.05) is 6.07 Å². The monoisotopic (exact) mass is 202 g/mol. The highest BCUT2D eigenvalue weighted by molar-refractivity contribution is 6.06. The SMILES string of the molecule is CN1C(=O)C(O)(CC#N)c2ccccc21. The smallest absolute Gasteiger partial charge is 0.264 e. The Hall–Kier alpha value is -1.86. The number of benzene rings is 1. The van der Waals surface area contributed by atoms with Gasteiger partial charge in [-0.15, -0.1) is 0 Å². The van der Waals surface area contributed by atoms with E-state index in [-0.39, 0.29) is 6.42 Å². The van der Waals surface area contributed by atoms with Crippen molar-refractivity contribution in [2.45, 2.75) is 12.0 Å². The molecule has 1 N–H and O–H groups in total. The maximum absolute atomic E-state index is 11.8. The molecule has 1 unspecified atom stereocenters. The van der Waals surface area contributed by atoms with E-state index < -0.39 is 11.5 Å². The lowest BCUT2D eigenvalue weighted by Crippen LogP contribution is -2.38. The largest absolute Gasteiger partial charge is 0.374 e. The molecular weight excluding hydrogens is 192 g/mol. The Kier molecular flexibility index (Phi) is 1.98. The van der Waals surface area contributed by atoms with Gasteiger partial charge in [-0.3, -0.25) is 4.79 Å². The Morgan fingerprint density at radius 2 is 2.20 bits per heavy atom. The zero-order chi connectivity index (χ0) is 11.1. The number of carbonyl (C=O) groups is 1. The Morgan fingerprint density at radius 3 is 2.87 bits per heavy atom. The van der Waals surface area contributed by atoms with Crippen molar-refractivity contribution in [3.8, 4) is 6.07 Å². The molecule has 0 saturated carbocycles. The molecule has 4 heteroatoms. The summed E-state index contributed by atoms with van der Waals surface area (Å²) in [5, 5.41) is 18.8. The number of likely N-dealkylation sites (N-methyl/N-ethyl adjacent to an activating group) is 1. The molecule has 1 aromatic rings. The van der Waals surface area contributed by atoms with Crippen molar-refractivity contribution in [2.24, 2.45) is 0 Å². The summed E-state index contributed by atoms with van der Waals surface area (Å²) in [6.07, 6.45) is -0.215. The highest BCUT2D eigenvalue weighted by atomic mass is 16.3. The van der Waals surface area contributed by atoms with E-state index >= 15 is 0 Å². The van der Waals surface area contributed by atoms with Crippen molar-refractivity contribution >= 4 is 11.6 Å². The molecule has 0 saturated heterocycles. The number of para-hydroxylation sites is 1. The van der Waals surface area contributed by atoms with Crippen LogP contribution in [0.15, 0.2) is 24.3 Å². The molecule has 0 aliphatic carbocycles. The van der Waals surface area contributed by atoms with E-state index in [9.17, 15) is 9.90 Å². The molecule has 1 aliphatic rings. The van der Waals surface area contributed by atoms with Crippen molar-refractivity contribution in [3.05, 3.63) is 29.8 Å². The minimum absolute atomic E-state index is 0.215. The van der Waals surface area contributed by atoms with Crippen LogP contribution in [0.2, 0.25) is 0 Å². The lowest BCUT2D eigenvalue weighted by Gasteiger charge is -2.17. The Balaban J connectivity index is 2.62. The Bertz CT molecular complexity index is 464. The summed E-state index contributed by atoms with van der Waals surface area (Å²) in [4.78, 5) is 13.2. The first-order valence-corrected chi connectivity index (χ1v) is 4.58. The lowest BCUT2D eigenvalue weighted by atomic mass is 9.93. The van der Waals surface area contributed by atoms with E-state index in [1.165, 1.54) is 4.90 Å². The zero-order valence-electron chi connectivity index (χ0n) is 8.27. The van der Waals surface area contributed by atoms with Crippen molar-refractivity contribution in [2.75, 3.05) is 11.9 Å². The van der Waals surface area contributed by atoms with Crippen LogP contribution in [0.3, 0.4) is 0 Å². The van der Waals surface area contributed by atoms with Gasteiger partial charge in [0.1, 0.15) is 0 Å². The molecule has 0 bridgehead atoms. The van der Waals surface area contributed by atoms with Crippen molar-refractivity contribution < 1.29 is 9.90 Å². The van der Waals surface area contributed by atoms with Crippen molar-refractivity contribution in [3.63, 3.8) is 0 Å². The fourth-order valence-electron chi connectivity index (χ4n) is 1.90. The van der Waals surface area contributed by atoms with Gasteiger partial charge in [-0.2, -0.15) is 5.26 Å². The molecule has 76 valence electrons. The molecular formula is C11H10N2O2. The van der Waals surface area contributed by atoms with Gasteiger partial charge < -0.3 is 10.0 Å². The molecule has 0 spiro atoms. The highest BCUT2D eigenvalue weighted by Gasteiger charge is 2.48. The molecule has 1 atom stereocenters. The Morgan fingerprint density at radius 1 is 1.53 bits per heavy atom. The molecule has 1 heterocycles. The van der Waals surface area contributed by atoms with Crippen LogP contribution in [0.4, 0.5) is 5.69 Å². The first kappa shape index (κ1) is 9.69. The molecule has 15 heavy (non-hydrogen) atoms. The van der Waals surface area contributed by atoms with Gasteiger partial charge in [-0.05, 0) is 6.07 Å². The molecule has 1 amide bonds. The Labute approximate surface area is 87.4 Å². The number of hydrogen-bond donors (Lipinski definition) is 1. The molecule has 4 nitrogen and oxygen atoms in total. The number of rotatable bonds is 1. The summed E-state index contributed by atoms with van der Waals surface area (Å²) in [5.41, 5.74) is -0.487. The third-order valence-corrected chi connectivity index (χ3v) is 2.70. The number of nitrogens with zero attached hydrogens (tertiary/aromatic N) is 2. The maximum atomic E-state index is 11.8. The van der Waals surface area contributed by atoms with Gasteiger partial charge in [0.15, 0.2) is 5.60 Å². The average Bonchev–Trinajstić information content (AvgIpc) is 2.43. The molecule has 0 radical (unpaired) electrons. The fraction of sp³-hybridized carbons (Fsp3) is 0.273. The van der Waals surface area contributed by atoms with E-state index in [0.29, 0.717) is 11.3 Å². The minimum atomic E-state index is -1.67. The number of amides is 1. The summed E-state index contributed by atoms with van der Waals surface area (Å²) < 4.78 is 0. The van der Waals surface area contributed by atoms with Crippen LogP contribution in [-0.4, -0.2) is 18.1 Å². The van der Waals surface area contributed by atoms with Gasteiger partial charge >= 0.3 is 0 Å². The van der Waals surface area contributed by atoms with Crippen LogP contribution >= 0.6 is 0 Å². The van der Waals surface area contributed by atoms with Crippen LogP contribution in [0.5, 0.6) is 0 Å². The van der Waals surface area contributed by atoms with E-state index in [4.69, 9.17) is 5.26 Å². The first-order valence-electron chi connectivity index (χ1n) is 4.58. The standard InChI is InChI=1S/C11H10N2O2/c1-13-9-5-3-2-4-8(9)11(15,6-7-12)10(13)14/h2-5,15H,6H2,1H3. The third kappa shape index (κ3) is 1.14. The summed E-state index contributed by atoms with van der Waals surface area (Å²) in [5.74, 6) is -0.440. The molecule has 0 aromatic heterocycles. The van der Waals surface area contributed by atoms with Gasteiger partial charge in [-0.25, -0.2) is 0 Å². The normalized spacial score (nSPS) is 23.8. The number of fused-ring (bicyclic) bond motifs is 1.